The van der Waals surface area contributed by atoms with Gasteiger partial charge in [-0.2, -0.15) is 0 Å². The summed E-state index contributed by atoms with van der Waals surface area (Å²) in [6, 6.07) is 5.96. The van der Waals surface area contributed by atoms with Gasteiger partial charge >= 0.3 is 0 Å². The Bertz CT molecular complexity index is 474. The molecule has 1 aromatic carbocycles. The van der Waals surface area contributed by atoms with Crippen LogP contribution in [0.1, 0.15) is 58.1 Å². The van der Waals surface area contributed by atoms with Crippen molar-refractivity contribution in [3.8, 4) is 0 Å². The third kappa shape index (κ3) is 4.13. The van der Waals surface area contributed by atoms with Gasteiger partial charge in [-0.1, -0.05) is 50.0 Å². The van der Waals surface area contributed by atoms with Crippen LogP contribution in [0, 0.1) is 17.3 Å². The molecule has 0 saturated heterocycles. The number of hydrazine groups is 1. The molecular formula is C17H26Cl2N2. The van der Waals surface area contributed by atoms with E-state index >= 15 is 0 Å². The first kappa shape index (κ1) is 17.1. The number of halogens is 2. The van der Waals surface area contributed by atoms with Crippen LogP contribution in [0.25, 0.3) is 0 Å². The average Bonchev–Trinajstić information content (AvgIpc) is 2.43. The zero-order valence-electron chi connectivity index (χ0n) is 13.1. The molecule has 1 unspecified atom stereocenters. The number of hydrogen-bond donors (Lipinski definition) is 2. The van der Waals surface area contributed by atoms with E-state index in [9.17, 15) is 0 Å². The Morgan fingerprint density at radius 3 is 2.19 bits per heavy atom. The molecule has 1 fully saturated rings. The van der Waals surface area contributed by atoms with Gasteiger partial charge in [-0.3, -0.25) is 11.3 Å². The van der Waals surface area contributed by atoms with Gasteiger partial charge in [0.1, 0.15) is 0 Å². The van der Waals surface area contributed by atoms with Crippen molar-refractivity contribution in [3.63, 3.8) is 0 Å². The minimum absolute atomic E-state index is 0.153. The van der Waals surface area contributed by atoms with E-state index in [4.69, 9.17) is 29.0 Å². The van der Waals surface area contributed by atoms with Crippen LogP contribution in [0.5, 0.6) is 0 Å². The topological polar surface area (TPSA) is 38.0 Å². The Labute approximate surface area is 138 Å². The van der Waals surface area contributed by atoms with Gasteiger partial charge in [0.2, 0.25) is 0 Å². The number of nitrogens with one attached hydrogen (secondary N) is 1. The zero-order valence-corrected chi connectivity index (χ0v) is 14.6. The second-order valence-electron chi connectivity index (χ2n) is 7.30. The lowest BCUT2D eigenvalue weighted by Crippen LogP contribution is -2.36. The molecule has 0 radical (unpaired) electrons. The van der Waals surface area contributed by atoms with E-state index in [1.807, 2.05) is 18.2 Å². The van der Waals surface area contributed by atoms with Crippen molar-refractivity contribution >= 4 is 23.2 Å². The van der Waals surface area contributed by atoms with Gasteiger partial charge in [-0.25, -0.2) is 0 Å². The molecule has 0 aromatic heterocycles. The Morgan fingerprint density at radius 2 is 1.71 bits per heavy atom. The standard InChI is InChI=1S/C17H26Cl2N2/c1-17(2,3)13-7-4-11(5-8-13)16(21-20)12-6-9-14(18)15(19)10-12/h6,9-11,13,16,21H,4-5,7-8,20H2,1-3H3. The smallest absolute Gasteiger partial charge is 0.0595 e. The zero-order chi connectivity index (χ0) is 15.6. The second kappa shape index (κ2) is 6.87. The molecule has 1 aliphatic rings. The quantitative estimate of drug-likeness (QED) is 0.579. The Kier molecular flexibility index (Phi) is 5.59. The maximum atomic E-state index is 6.14. The summed E-state index contributed by atoms with van der Waals surface area (Å²) in [5.74, 6) is 7.19. The van der Waals surface area contributed by atoms with Crippen LogP contribution in [0.4, 0.5) is 0 Å². The van der Waals surface area contributed by atoms with E-state index in [-0.39, 0.29) is 6.04 Å². The van der Waals surface area contributed by atoms with E-state index in [1.54, 1.807) is 0 Å². The fraction of sp³-hybridized carbons (Fsp3) is 0.647. The van der Waals surface area contributed by atoms with Crippen molar-refractivity contribution in [3.05, 3.63) is 33.8 Å². The highest BCUT2D eigenvalue weighted by molar-refractivity contribution is 6.42. The SMILES string of the molecule is CC(C)(C)C1CCC(C(NN)c2ccc(Cl)c(Cl)c2)CC1. The van der Waals surface area contributed by atoms with Crippen molar-refractivity contribution in [1.29, 1.82) is 0 Å². The first-order valence-electron chi connectivity index (χ1n) is 7.74. The van der Waals surface area contributed by atoms with Crippen LogP contribution in [0.2, 0.25) is 10.0 Å². The van der Waals surface area contributed by atoms with Crippen LogP contribution >= 0.6 is 23.2 Å². The first-order valence-corrected chi connectivity index (χ1v) is 8.49. The molecule has 21 heavy (non-hydrogen) atoms. The third-order valence-electron chi connectivity index (χ3n) is 4.95. The van der Waals surface area contributed by atoms with E-state index in [0.29, 0.717) is 21.4 Å². The minimum atomic E-state index is 0.153. The molecule has 1 aromatic rings. The van der Waals surface area contributed by atoms with Crippen LogP contribution in [-0.2, 0) is 0 Å². The minimum Gasteiger partial charge on any atom is -0.271 e. The molecular weight excluding hydrogens is 303 g/mol. The number of nitrogens with two attached hydrogens (primary N) is 1. The van der Waals surface area contributed by atoms with Gasteiger partial charge in [-0.05, 0) is 60.6 Å². The van der Waals surface area contributed by atoms with Crippen LogP contribution in [0.15, 0.2) is 18.2 Å². The normalized spacial score (nSPS) is 24.9. The average molecular weight is 329 g/mol. The summed E-state index contributed by atoms with van der Waals surface area (Å²) >= 11 is 12.1. The fourth-order valence-electron chi connectivity index (χ4n) is 3.53. The molecule has 2 rings (SSSR count). The van der Waals surface area contributed by atoms with Crippen molar-refractivity contribution in [2.24, 2.45) is 23.1 Å². The van der Waals surface area contributed by atoms with Crippen molar-refractivity contribution in [2.75, 3.05) is 0 Å². The molecule has 118 valence electrons. The summed E-state index contributed by atoms with van der Waals surface area (Å²) < 4.78 is 0. The van der Waals surface area contributed by atoms with Gasteiger partial charge in [0, 0.05) is 6.04 Å². The van der Waals surface area contributed by atoms with Crippen LogP contribution < -0.4 is 11.3 Å². The largest absolute Gasteiger partial charge is 0.271 e. The van der Waals surface area contributed by atoms with Gasteiger partial charge < -0.3 is 0 Å². The lowest BCUT2D eigenvalue weighted by molar-refractivity contribution is 0.132. The van der Waals surface area contributed by atoms with Crippen molar-refractivity contribution in [2.45, 2.75) is 52.5 Å². The van der Waals surface area contributed by atoms with E-state index in [2.05, 4.69) is 26.2 Å². The number of benzene rings is 1. The molecule has 1 atom stereocenters. The highest BCUT2D eigenvalue weighted by Gasteiger charge is 2.33. The monoisotopic (exact) mass is 328 g/mol. The third-order valence-corrected chi connectivity index (χ3v) is 5.69. The van der Waals surface area contributed by atoms with E-state index in [1.165, 1.54) is 25.7 Å². The summed E-state index contributed by atoms with van der Waals surface area (Å²) in [4.78, 5) is 0. The molecule has 3 N–H and O–H groups in total. The Hall–Kier alpha value is -0.280. The maximum absolute atomic E-state index is 6.14. The summed E-state index contributed by atoms with van der Waals surface area (Å²) in [5.41, 5.74) is 4.52. The van der Waals surface area contributed by atoms with Gasteiger partial charge in [-0.15, -0.1) is 0 Å². The summed E-state index contributed by atoms with van der Waals surface area (Å²) in [6.45, 7) is 7.03. The van der Waals surface area contributed by atoms with Gasteiger partial charge in [0.15, 0.2) is 0 Å². The lowest BCUT2D eigenvalue weighted by Gasteiger charge is -2.39. The molecule has 0 spiro atoms. The van der Waals surface area contributed by atoms with E-state index in [0.717, 1.165) is 11.5 Å². The molecule has 4 heteroatoms. The van der Waals surface area contributed by atoms with Crippen LogP contribution in [0.3, 0.4) is 0 Å². The molecule has 0 amide bonds. The lowest BCUT2D eigenvalue weighted by atomic mass is 9.68. The van der Waals surface area contributed by atoms with Crippen LogP contribution in [-0.4, -0.2) is 0 Å². The molecule has 0 bridgehead atoms. The number of hydrogen-bond acceptors (Lipinski definition) is 2. The fourth-order valence-corrected chi connectivity index (χ4v) is 3.84. The van der Waals surface area contributed by atoms with Gasteiger partial charge in [0.05, 0.1) is 10.0 Å². The Morgan fingerprint density at radius 1 is 1.10 bits per heavy atom. The summed E-state index contributed by atoms with van der Waals surface area (Å²) in [5, 5.41) is 1.19. The predicted octanol–water partition coefficient (Wildman–Crippen LogP) is 5.35. The first-order chi connectivity index (χ1) is 9.82. The molecule has 0 aliphatic heterocycles. The van der Waals surface area contributed by atoms with Crippen molar-refractivity contribution in [1.82, 2.24) is 5.43 Å². The predicted molar refractivity (Wildman–Crippen MR) is 91.4 cm³/mol. The van der Waals surface area contributed by atoms with E-state index < -0.39 is 0 Å². The molecule has 1 aliphatic carbocycles. The highest BCUT2D eigenvalue weighted by Crippen LogP contribution is 2.43. The molecule has 2 nitrogen and oxygen atoms in total. The summed E-state index contributed by atoms with van der Waals surface area (Å²) in [7, 11) is 0. The van der Waals surface area contributed by atoms with Gasteiger partial charge in [0.25, 0.3) is 0 Å². The summed E-state index contributed by atoms with van der Waals surface area (Å²) in [6.07, 6.45) is 4.95. The molecule has 1 saturated carbocycles. The number of rotatable bonds is 3. The molecule has 0 heterocycles. The van der Waals surface area contributed by atoms with Crippen molar-refractivity contribution < 1.29 is 0 Å². The highest BCUT2D eigenvalue weighted by atomic mass is 35.5. The Balaban J connectivity index is 2.07. The maximum Gasteiger partial charge on any atom is 0.0595 e. The second-order valence-corrected chi connectivity index (χ2v) is 8.11.